The molecule has 0 saturated carbocycles. The Bertz CT molecular complexity index is 752. The van der Waals surface area contributed by atoms with E-state index in [2.05, 4.69) is 0 Å². The molecule has 0 spiro atoms. The maximum Gasteiger partial charge on any atom is 0.335 e. The number of hydrogen-bond acceptors (Lipinski definition) is 2. The Morgan fingerprint density at radius 1 is 1.18 bits per heavy atom. The first-order valence-electron chi connectivity index (χ1n) is 7.31. The summed E-state index contributed by atoms with van der Waals surface area (Å²) in [6, 6.07) is 12.8. The summed E-state index contributed by atoms with van der Waals surface area (Å²) >= 11 is 0. The van der Waals surface area contributed by atoms with Crippen LogP contribution in [0.4, 0.5) is 5.69 Å². The van der Waals surface area contributed by atoms with E-state index in [1.165, 1.54) is 0 Å². The fraction of sp³-hybridized carbons (Fsp3) is 0.222. The summed E-state index contributed by atoms with van der Waals surface area (Å²) in [4.78, 5) is 24.7. The van der Waals surface area contributed by atoms with Crippen LogP contribution < -0.4 is 4.90 Å². The smallest absolute Gasteiger partial charge is 0.335 e. The molecule has 3 rings (SSSR count). The molecule has 112 valence electrons. The molecule has 1 amide bonds. The maximum absolute atomic E-state index is 11.8. The van der Waals surface area contributed by atoms with Gasteiger partial charge in [0.25, 0.3) is 0 Å². The third-order valence-corrected chi connectivity index (χ3v) is 4.02. The third-order valence-electron chi connectivity index (χ3n) is 4.02. The molecule has 1 aliphatic rings. The van der Waals surface area contributed by atoms with Crippen LogP contribution in [0, 0.1) is 6.92 Å². The minimum atomic E-state index is -0.932. The molecule has 1 heterocycles. The first kappa shape index (κ1) is 14.3. The Morgan fingerprint density at radius 2 is 2.00 bits per heavy atom. The molecule has 0 aromatic heterocycles. The van der Waals surface area contributed by atoms with E-state index in [1.54, 1.807) is 18.2 Å². The number of nitrogens with zero attached hydrogens (tertiary/aromatic N) is 1. The number of carboxylic acids is 1. The molecule has 0 aliphatic carbocycles. The summed E-state index contributed by atoms with van der Waals surface area (Å²) in [5, 5.41) is 9.10. The molecular weight excluding hydrogens is 278 g/mol. The molecule has 22 heavy (non-hydrogen) atoms. The van der Waals surface area contributed by atoms with Crippen LogP contribution in [0.5, 0.6) is 0 Å². The van der Waals surface area contributed by atoms with Crippen LogP contribution in [0.15, 0.2) is 42.5 Å². The average Bonchev–Trinajstić information content (AvgIpc) is 2.93. The van der Waals surface area contributed by atoms with Crippen LogP contribution in [0.3, 0.4) is 0 Å². The highest BCUT2D eigenvalue weighted by atomic mass is 16.4. The number of aryl methyl sites for hydroxylation is 1. The predicted molar refractivity (Wildman–Crippen MR) is 85.2 cm³/mol. The average molecular weight is 295 g/mol. The van der Waals surface area contributed by atoms with Crippen molar-refractivity contribution in [2.24, 2.45) is 0 Å². The molecule has 1 aliphatic heterocycles. The van der Waals surface area contributed by atoms with Gasteiger partial charge in [-0.15, -0.1) is 0 Å². The van der Waals surface area contributed by atoms with Crippen LogP contribution in [-0.4, -0.2) is 23.5 Å². The van der Waals surface area contributed by atoms with Crippen molar-refractivity contribution < 1.29 is 14.7 Å². The first-order valence-corrected chi connectivity index (χ1v) is 7.31. The molecular formula is C18H17NO3. The van der Waals surface area contributed by atoms with Gasteiger partial charge in [0, 0.05) is 18.7 Å². The van der Waals surface area contributed by atoms with Crippen molar-refractivity contribution in [3.05, 3.63) is 53.6 Å². The van der Waals surface area contributed by atoms with Crippen LogP contribution in [0.25, 0.3) is 11.1 Å². The Hall–Kier alpha value is -2.62. The lowest BCUT2D eigenvalue weighted by molar-refractivity contribution is -0.117. The minimum absolute atomic E-state index is 0.167. The van der Waals surface area contributed by atoms with Crippen molar-refractivity contribution in [3.8, 4) is 11.1 Å². The number of aromatic carboxylic acids is 1. The molecule has 0 unspecified atom stereocenters. The lowest BCUT2D eigenvalue weighted by Crippen LogP contribution is -2.23. The molecule has 2 aromatic rings. The standard InChI is InChI=1S/C18H17NO3/c1-12-10-15(19-9-3-6-17(19)20)7-8-16(12)13-4-2-5-14(11-13)18(21)22/h2,4-5,7-8,10-11H,3,6,9H2,1H3,(H,21,22). The number of anilines is 1. The van der Waals surface area contributed by atoms with E-state index < -0.39 is 5.97 Å². The number of carboxylic acid groups (broad SMARTS) is 1. The second-order valence-corrected chi connectivity index (χ2v) is 5.53. The molecule has 4 heteroatoms. The van der Waals surface area contributed by atoms with Gasteiger partial charge in [0.15, 0.2) is 0 Å². The highest BCUT2D eigenvalue weighted by Gasteiger charge is 2.22. The summed E-state index contributed by atoms with van der Waals surface area (Å²) < 4.78 is 0. The van der Waals surface area contributed by atoms with E-state index in [-0.39, 0.29) is 11.5 Å². The van der Waals surface area contributed by atoms with Crippen molar-refractivity contribution in [2.75, 3.05) is 11.4 Å². The Morgan fingerprint density at radius 3 is 2.64 bits per heavy atom. The Kier molecular flexibility index (Phi) is 3.67. The van der Waals surface area contributed by atoms with Crippen LogP contribution in [0.1, 0.15) is 28.8 Å². The summed E-state index contributed by atoms with van der Waals surface area (Å²) in [6.45, 7) is 2.75. The topological polar surface area (TPSA) is 57.6 Å². The zero-order valence-electron chi connectivity index (χ0n) is 12.4. The summed E-state index contributed by atoms with van der Waals surface area (Å²) in [6.07, 6.45) is 1.52. The maximum atomic E-state index is 11.8. The molecule has 2 aromatic carbocycles. The molecule has 1 fully saturated rings. The lowest BCUT2D eigenvalue weighted by Gasteiger charge is -2.17. The third kappa shape index (κ3) is 2.60. The number of benzene rings is 2. The van der Waals surface area contributed by atoms with Gasteiger partial charge in [-0.2, -0.15) is 0 Å². The van der Waals surface area contributed by atoms with Crippen LogP contribution >= 0.6 is 0 Å². The van der Waals surface area contributed by atoms with E-state index >= 15 is 0 Å². The normalized spacial score (nSPS) is 14.4. The second kappa shape index (κ2) is 5.64. The van der Waals surface area contributed by atoms with Crippen molar-refractivity contribution in [2.45, 2.75) is 19.8 Å². The van der Waals surface area contributed by atoms with E-state index in [1.807, 2.05) is 36.1 Å². The number of hydrogen-bond donors (Lipinski definition) is 1. The van der Waals surface area contributed by atoms with Crippen molar-refractivity contribution in [1.29, 1.82) is 0 Å². The van der Waals surface area contributed by atoms with Gasteiger partial charge in [0.1, 0.15) is 0 Å². The largest absolute Gasteiger partial charge is 0.478 e. The Labute approximate surface area is 129 Å². The molecule has 4 nitrogen and oxygen atoms in total. The van der Waals surface area contributed by atoms with Gasteiger partial charge in [0.2, 0.25) is 5.91 Å². The van der Waals surface area contributed by atoms with Gasteiger partial charge in [-0.25, -0.2) is 4.79 Å². The van der Waals surface area contributed by atoms with Gasteiger partial charge in [-0.3, -0.25) is 4.79 Å². The second-order valence-electron chi connectivity index (χ2n) is 5.53. The molecule has 0 radical (unpaired) electrons. The first-order chi connectivity index (χ1) is 10.6. The molecule has 1 saturated heterocycles. The summed E-state index contributed by atoms with van der Waals surface area (Å²) in [7, 11) is 0. The molecule has 1 N–H and O–H groups in total. The monoisotopic (exact) mass is 295 g/mol. The van der Waals surface area contributed by atoms with Gasteiger partial charge in [-0.1, -0.05) is 18.2 Å². The highest BCUT2D eigenvalue weighted by Crippen LogP contribution is 2.29. The van der Waals surface area contributed by atoms with Crippen LogP contribution in [0.2, 0.25) is 0 Å². The number of rotatable bonds is 3. The molecule has 0 bridgehead atoms. The van der Waals surface area contributed by atoms with Crippen LogP contribution in [-0.2, 0) is 4.79 Å². The zero-order chi connectivity index (χ0) is 15.7. The van der Waals surface area contributed by atoms with Crippen molar-refractivity contribution in [1.82, 2.24) is 0 Å². The van der Waals surface area contributed by atoms with E-state index in [9.17, 15) is 9.59 Å². The van der Waals surface area contributed by atoms with E-state index in [0.29, 0.717) is 6.42 Å². The number of carbonyl (C=O) groups excluding carboxylic acids is 1. The fourth-order valence-corrected chi connectivity index (χ4v) is 2.88. The van der Waals surface area contributed by atoms with Gasteiger partial charge in [-0.05, 0) is 54.3 Å². The van der Waals surface area contributed by atoms with E-state index in [4.69, 9.17) is 5.11 Å². The van der Waals surface area contributed by atoms with Crippen molar-refractivity contribution >= 4 is 17.6 Å². The molecule has 0 atom stereocenters. The van der Waals surface area contributed by atoms with Gasteiger partial charge >= 0.3 is 5.97 Å². The summed E-state index contributed by atoms with van der Waals surface area (Å²) in [5.74, 6) is -0.765. The highest BCUT2D eigenvalue weighted by molar-refractivity contribution is 5.96. The van der Waals surface area contributed by atoms with Gasteiger partial charge < -0.3 is 10.0 Å². The van der Waals surface area contributed by atoms with Crippen molar-refractivity contribution in [3.63, 3.8) is 0 Å². The predicted octanol–water partition coefficient (Wildman–Crippen LogP) is 3.49. The SMILES string of the molecule is Cc1cc(N2CCCC2=O)ccc1-c1cccc(C(=O)O)c1. The quantitative estimate of drug-likeness (QED) is 0.943. The Balaban J connectivity index is 1.97. The van der Waals surface area contributed by atoms with Gasteiger partial charge in [0.05, 0.1) is 5.56 Å². The van der Waals surface area contributed by atoms with E-state index in [0.717, 1.165) is 35.3 Å². The zero-order valence-corrected chi connectivity index (χ0v) is 12.4. The number of amides is 1. The fourth-order valence-electron chi connectivity index (χ4n) is 2.88. The summed E-state index contributed by atoms with van der Waals surface area (Å²) in [5.41, 5.74) is 4.07. The lowest BCUT2D eigenvalue weighted by atomic mass is 9.98. The number of carbonyl (C=O) groups is 2. The minimum Gasteiger partial charge on any atom is -0.478 e.